The molecule has 1 aliphatic rings. The van der Waals surface area contributed by atoms with Gasteiger partial charge < -0.3 is 16.0 Å². The van der Waals surface area contributed by atoms with Crippen molar-refractivity contribution < 1.29 is 9.59 Å². The number of rotatable bonds is 6. The summed E-state index contributed by atoms with van der Waals surface area (Å²) in [4.78, 5) is 30.0. The number of likely N-dealkylation sites (tertiary alicyclic amines) is 1. The van der Waals surface area contributed by atoms with Crippen molar-refractivity contribution in [2.45, 2.75) is 26.2 Å². The molecule has 0 atom stereocenters. The fourth-order valence-corrected chi connectivity index (χ4v) is 3.29. The Morgan fingerprint density at radius 3 is 2.44 bits per heavy atom. The normalized spacial score (nSPS) is 15.4. The molecule has 27 heavy (non-hydrogen) atoms. The molecule has 6 nitrogen and oxygen atoms in total. The number of nitrogens with one attached hydrogen (secondary N) is 1. The Balaban J connectivity index is 1.47. The van der Waals surface area contributed by atoms with E-state index in [0.717, 1.165) is 50.3 Å². The zero-order valence-corrected chi connectivity index (χ0v) is 15.6. The maximum absolute atomic E-state index is 12.2. The highest BCUT2D eigenvalue weighted by molar-refractivity contribution is 6.04. The summed E-state index contributed by atoms with van der Waals surface area (Å²) in [7, 11) is 0. The van der Waals surface area contributed by atoms with Crippen LogP contribution in [0.15, 0.2) is 42.6 Å². The molecule has 0 spiro atoms. The number of primary amides is 1. The van der Waals surface area contributed by atoms with Crippen LogP contribution in [0.2, 0.25) is 0 Å². The van der Waals surface area contributed by atoms with E-state index in [-0.39, 0.29) is 17.7 Å². The Morgan fingerprint density at radius 1 is 1.15 bits per heavy atom. The fraction of sp³-hybridized carbons (Fsp3) is 0.381. The SMILES string of the molecule is Cc1ccc(C(=O)Nc2ccc(CCN3CCC(C(N)=O)CC3)cc2)cn1. The van der Waals surface area contributed by atoms with Crippen molar-refractivity contribution in [2.75, 3.05) is 25.0 Å². The summed E-state index contributed by atoms with van der Waals surface area (Å²) in [6, 6.07) is 11.5. The molecule has 3 N–H and O–H groups in total. The van der Waals surface area contributed by atoms with Gasteiger partial charge in [0, 0.05) is 30.0 Å². The van der Waals surface area contributed by atoms with E-state index >= 15 is 0 Å². The largest absolute Gasteiger partial charge is 0.369 e. The number of nitrogens with zero attached hydrogens (tertiary/aromatic N) is 2. The van der Waals surface area contributed by atoms with Crippen LogP contribution in [-0.4, -0.2) is 41.3 Å². The van der Waals surface area contributed by atoms with Gasteiger partial charge in [-0.05, 0) is 69.1 Å². The van der Waals surface area contributed by atoms with Crippen molar-refractivity contribution in [2.24, 2.45) is 11.7 Å². The number of carbonyl (C=O) groups excluding carboxylic acids is 2. The van der Waals surface area contributed by atoms with Gasteiger partial charge in [0.1, 0.15) is 0 Å². The number of nitrogens with two attached hydrogens (primary N) is 1. The summed E-state index contributed by atoms with van der Waals surface area (Å²) in [5.41, 5.74) is 8.80. The molecule has 142 valence electrons. The zero-order chi connectivity index (χ0) is 19.2. The van der Waals surface area contributed by atoms with E-state index in [1.54, 1.807) is 12.3 Å². The van der Waals surface area contributed by atoms with Gasteiger partial charge in [-0.2, -0.15) is 0 Å². The Hall–Kier alpha value is -2.73. The van der Waals surface area contributed by atoms with E-state index in [1.807, 2.05) is 37.3 Å². The minimum Gasteiger partial charge on any atom is -0.369 e. The summed E-state index contributed by atoms with van der Waals surface area (Å²) >= 11 is 0. The molecular formula is C21H26N4O2. The molecule has 2 heterocycles. The van der Waals surface area contributed by atoms with Crippen LogP contribution in [0.4, 0.5) is 5.69 Å². The number of aromatic nitrogens is 1. The highest BCUT2D eigenvalue weighted by Gasteiger charge is 2.22. The average molecular weight is 366 g/mol. The van der Waals surface area contributed by atoms with Crippen molar-refractivity contribution in [1.82, 2.24) is 9.88 Å². The average Bonchev–Trinajstić information content (AvgIpc) is 2.68. The number of aryl methyl sites for hydroxylation is 1. The number of hydrogen-bond acceptors (Lipinski definition) is 4. The molecular weight excluding hydrogens is 340 g/mol. The summed E-state index contributed by atoms with van der Waals surface area (Å²) in [5, 5.41) is 2.89. The number of benzene rings is 1. The second kappa shape index (κ2) is 8.77. The summed E-state index contributed by atoms with van der Waals surface area (Å²) in [6.07, 6.45) is 4.24. The molecule has 1 aromatic heterocycles. The first-order chi connectivity index (χ1) is 13.0. The molecule has 1 fully saturated rings. The first kappa shape index (κ1) is 19.0. The highest BCUT2D eigenvalue weighted by Crippen LogP contribution is 2.17. The lowest BCUT2D eigenvalue weighted by Crippen LogP contribution is -2.39. The Bertz CT molecular complexity index is 779. The van der Waals surface area contributed by atoms with Crippen molar-refractivity contribution >= 4 is 17.5 Å². The van der Waals surface area contributed by atoms with Gasteiger partial charge >= 0.3 is 0 Å². The van der Waals surface area contributed by atoms with E-state index in [4.69, 9.17) is 5.73 Å². The second-order valence-corrected chi connectivity index (χ2v) is 7.11. The lowest BCUT2D eigenvalue weighted by atomic mass is 9.96. The number of hydrogen-bond donors (Lipinski definition) is 2. The van der Waals surface area contributed by atoms with Gasteiger partial charge in [-0.25, -0.2) is 0 Å². The van der Waals surface area contributed by atoms with E-state index in [0.29, 0.717) is 5.56 Å². The molecule has 0 radical (unpaired) electrons. The quantitative estimate of drug-likeness (QED) is 0.822. The van der Waals surface area contributed by atoms with Crippen molar-refractivity contribution in [3.8, 4) is 0 Å². The molecule has 3 rings (SSSR count). The highest BCUT2D eigenvalue weighted by atomic mass is 16.2. The molecule has 2 aromatic rings. The van der Waals surface area contributed by atoms with Crippen molar-refractivity contribution in [3.63, 3.8) is 0 Å². The van der Waals surface area contributed by atoms with Crippen LogP contribution in [-0.2, 0) is 11.2 Å². The van der Waals surface area contributed by atoms with E-state index in [9.17, 15) is 9.59 Å². The van der Waals surface area contributed by atoms with Crippen molar-refractivity contribution in [1.29, 1.82) is 0 Å². The van der Waals surface area contributed by atoms with E-state index < -0.39 is 0 Å². The molecule has 1 aromatic carbocycles. The third-order valence-corrected chi connectivity index (χ3v) is 5.09. The maximum atomic E-state index is 12.2. The lowest BCUT2D eigenvalue weighted by Gasteiger charge is -2.30. The minimum atomic E-state index is -0.172. The third kappa shape index (κ3) is 5.37. The Morgan fingerprint density at radius 2 is 1.85 bits per heavy atom. The predicted octanol–water partition coefficient (Wildman–Crippen LogP) is 2.38. The standard InChI is InChI=1S/C21H26N4O2/c1-15-2-5-18(14-23-15)21(27)24-19-6-3-16(4-7-19)8-11-25-12-9-17(10-13-25)20(22)26/h2-7,14,17H,8-13H2,1H3,(H2,22,26)(H,24,27). The van der Waals surface area contributed by atoms with E-state index in [1.165, 1.54) is 5.56 Å². The first-order valence-corrected chi connectivity index (χ1v) is 9.36. The van der Waals surface area contributed by atoms with Gasteiger partial charge in [0.05, 0.1) is 5.56 Å². The van der Waals surface area contributed by atoms with Crippen LogP contribution in [0.25, 0.3) is 0 Å². The molecule has 1 aliphatic heterocycles. The number of amides is 2. The van der Waals surface area contributed by atoms with Gasteiger partial charge in [-0.1, -0.05) is 12.1 Å². The monoisotopic (exact) mass is 366 g/mol. The third-order valence-electron chi connectivity index (χ3n) is 5.09. The first-order valence-electron chi connectivity index (χ1n) is 9.36. The van der Waals surface area contributed by atoms with Gasteiger partial charge in [0.25, 0.3) is 5.91 Å². The van der Waals surface area contributed by atoms with Gasteiger partial charge in [0.15, 0.2) is 0 Å². The van der Waals surface area contributed by atoms with Crippen LogP contribution >= 0.6 is 0 Å². The fourth-order valence-electron chi connectivity index (χ4n) is 3.29. The summed E-state index contributed by atoms with van der Waals surface area (Å²) in [6.45, 7) is 4.70. The zero-order valence-electron chi connectivity index (χ0n) is 15.6. The molecule has 0 bridgehead atoms. The van der Waals surface area contributed by atoms with Gasteiger partial charge in [-0.3, -0.25) is 14.6 Å². The molecule has 0 unspecified atom stereocenters. The van der Waals surface area contributed by atoms with E-state index in [2.05, 4.69) is 15.2 Å². The van der Waals surface area contributed by atoms with Crippen LogP contribution in [0.1, 0.15) is 34.5 Å². The smallest absolute Gasteiger partial charge is 0.257 e. The summed E-state index contributed by atoms with van der Waals surface area (Å²) in [5.74, 6) is -0.297. The van der Waals surface area contributed by atoms with Crippen LogP contribution in [0.5, 0.6) is 0 Å². The Labute approximate surface area is 159 Å². The van der Waals surface area contributed by atoms with Gasteiger partial charge in [0.2, 0.25) is 5.91 Å². The number of carbonyl (C=O) groups is 2. The van der Waals surface area contributed by atoms with Crippen LogP contribution < -0.4 is 11.1 Å². The number of pyridine rings is 1. The summed E-state index contributed by atoms with van der Waals surface area (Å²) < 4.78 is 0. The number of piperidine rings is 1. The minimum absolute atomic E-state index is 0.0351. The van der Waals surface area contributed by atoms with Gasteiger partial charge in [-0.15, -0.1) is 0 Å². The molecule has 0 saturated carbocycles. The second-order valence-electron chi connectivity index (χ2n) is 7.11. The lowest BCUT2D eigenvalue weighted by molar-refractivity contribution is -0.123. The molecule has 6 heteroatoms. The number of anilines is 1. The maximum Gasteiger partial charge on any atom is 0.257 e. The van der Waals surface area contributed by atoms with Crippen LogP contribution in [0, 0.1) is 12.8 Å². The molecule has 1 saturated heterocycles. The van der Waals surface area contributed by atoms with Crippen LogP contribution in [0.3, 0.4) is 0 Å². The topological polar surface area (TPSA) is 88.3 Å². The predicted molar refractivity (Wildman–Crippen MR) is 105 cm³/mol. The molecule has 2 amide bonds. The van der Waals surface area contributed by atoms with Crippen molar-refractivity contribution in [3.05, 3.63) is 59.4 Å². The molecule has 0 aliphatic carbocycles. The Kier molecular flexibility index (Phi) is 6.19.